The number of anilines is 2. The van der Waals surface area contributed by atoms with Gasteiger partial charge in [-0.3, -0.25) is 10.00 Å². The monoisotopic (exact) mass is 352 g/mol. The Labute approximate surface area is 151 Å². The van der Waals surface area contributed by atoms with Gasteiger partial charge in [-0.05, 0) is 17.7 Å². The highest BCUT2D eigenvalue weighted by atomic mass is 16.5. The number of amides is 2. The second-order valence-electron chi connectivity index (χ2n) is 5.55. The molecule has 3 rings (SSSR count). The number of methoxy groups -OCH3 is 2. The van der Waals surface area contributed by atoms with Crippen LogP contribution in [0.15, 0.2) is 54.6 Å². The van der Waals surface area contributed by atoms with Crippen molar-refractivity contribution in [2.75, 3.05) is 24.9 Å². The molecule has 7 heteroatoms. The second kappa shape index (κ2) is 7.60. The molecule has 0 saturated carbocycles. The molecule has 7 nitrogen and oxygen atoms in total. The molecule has 134 valence electrons. The van der Waals surface area contributed by atoms with Crippen LogP contribution in [0.2, 0.25) is 0 Å². The van der Waals surface area contributed by atoms with Crippen molar-refractivity contribution in [3.8, 4) is 22.8 Å². The van der Waals surface area contributed by atoms with Crippen LogP contribution in [-0.4, -0.2) is 30.0 Å². The summed E-state index contributed by atoms with van der Waals surface area (Å²) in [6.07, 6.45) is 0. The van der Waals surface area contributed by atoms with E-state index in [2.05, 4.69) is 15.7 Å². The predicted octanol–water partition coefficient (Wildman–Crippen LogP) is 3.75. The van der Waals surface area contributed by atoms with E-state index in [1.165, 1.54) is 0 Å². The molecule has 0 aliphatic rings. The van der Waals surface area contributed by atoms with Crippen LogP contribution in [0.3, 0.4) is 0 Å². The first-order chi connectivity index (χ1) is 12.6. The van der Waals surface area contributed by atoms with Crippen LogP contribution in [0.25, 0.3) is 11.3 Å². The van der Waals surface area contributed by atoms with Gasteiger partial charge < -0.3 is 14.8 Å². The fraction of sp³-hybridized carbons (Fsp3) is 0.158. The van der Waals surface area contributed by atoms with Gasteiger partial charge in [0.1, 0.15) is 0 Å². The minimum atomic E-state index is -0.394. The molecule has 0 aliphatic carbocycles. The minimum absolute atomic E-state index is 0.394. The largest absolute Gasteiger partial charge is 0.493 e. The molecule has 0 saturated heterocycles. The van der Waals surface area contributed by atoms with E-state index >= 15 is 0 Å². The molecule has 3 aromatic rings. The van der Waals surface area contributed by atoms with Gasteiger partial charge in [-0.2, -0.15) is 5.10 Å². The van der Waals surface area contributed by atoms with Crippen LogP contribution in [0.5, 0.6) is 11.5 Å². The van der Waals surface area contributed by atoms with Crippen molar-refractivity contribution in [2.24, 2.45) is 7.05 Å². The highest BCUT2D eigenvalue weighted by molar-refractivity contribution is 5.99. The normalized spacial score (nSPS) is 10.3. The van der Waals surface area contributed by atoms with Gasteiger partial charge in [-0.1, -0.05) is 30.3 Å². The Balaban J connectivity index is 1.71. The molecule has 0 spiro atoms. The Bertz CT molecular complexity index is 906. The van der Waals surface area contributed by atoms with Gasteiger partial charge in [-0.15, -0.1) is 0 Å². The first kappa shape index (κ1) is 17.3. The summed E-state index contributed by atoms with van der Waals surface area (Å²) in [6.45, 7) is 0. The average molecular weight is 352 g/mol. The molecule has 0 unspecified atom stereocenters. The minimum Gasteiger partial charge on any atom is -0.493 e. The first-order valence-electron chi connectivity index (χ1n) is 8.00. The topological polar surface area (TPSA) is 77.4 Å². The number of hydrogen-bond acceptors (Lipinski definition) is 4. The second-order valence-corrected chi connectivity index (χ2v) is 5.55. The first-order valence-corrected chi connectivity index (χ1v) is 8.00. The van der Waals surface area contributed by atoms with Crippen LogP contribution in [0.4, 0.5) is 16.3 Å². The smallest absolute Gasteiger partial charge is 0.324 e. The third-order valence-electron chi connectivity index (χ3n) is 3.83. The van der Waals surface area contributed by atoms with E-state index in [1.807, 2.05) is 43.4 Å². The van der Waals surface area contributed by atoms with E-state index in [0.717, 1.165) is 11.3 Å². The lowest BCUT2D eigenvalue weighted by atomic mass is 10.1. The van der Waals surface area contributed by atoms with Crippen molar-refractivity contribution in [3.63, 3.8) is 0 Å². The van der Waals surface area contributed by atoms with Gasteiger partial charge in [0, 0.05) is 24.9 Å². The van der Waals surface area contributed by atoms with Gasteiger partial charge in [0.25, 0.3) is 0 Å². The standard InChI is InChI=1S/C19H20N4O3/c1-23-15(13-7-5-4-6-8-13)12-18(22-23)21-19(24)20-14-9-10-16(25-2)17(11-14)26-3/h4-12H,1-3H3,(H2,20,21,22,24). The van der Waals surface area contributed by atoms with Crippen molar-refractivity contribution in [2.45, 2.75) is 0 Å². The molecular formula is C19H20N4O3. The summed E-state index contributed by atoms with van der Waals surface area (Å²) >= 11 is 0. The highest BCUT2D eigenvalue weighted by Crippen LogP contribution is 2.29. The average Bonchev–Trinajstić information content (AvgIpc) is 3.02. The molecule has 26 heavy (non-hydrogen) atoms. The Morgan fingerprint density at radius 3 is 2.38 bits per heavy atom. The van der Waals surface area contributed by atoms with Crippen LogP contribution >= 0.6 is 0 Å². The maximum atomic E-state index is 12.2. The van der Waals surface area contributed by atoms with Crippen molar-refractivity contribution in [3.05, 3.63) is 54.6 Å². The molecular weight excluding hydrogens is 332 g/mol. The van der Waals surface area contributed by atoms with Crippen LogP contribution in [0, 0.1) is 0 Å². The number of benzene rings is 2. The molecule has 1 heterocycles. The van der Waals surface area contributed by atoms with E-state index in [0.29, 0.717) is 23.0 Å². The van der Waals surface area contributed by atoms with Crippen molar-refractivity contribution >= 4 is 17.5 Å². The summed E-state index contributed by atoms with van der Waals surface area (Å²) in [7, 11) is 4.93. The maximum absolute atomic E-state index is 12.2. The fourth-order valence-electron chi connectivity index (χ4n) is 2.60. The summed E-state index contributed by atoms with van der Waals surface area (Å²) < 4.78 is 12.1. The molecule has 2 amide bonds. The summed E-state index contributed by atoms with van der Waals surface area (Å²) in [4.78, 5) is 12.2. The quantitative estimate of drug-likeness (QED) is 0.733. The lowest BCUT2D eigenvalue weighted by Crippen LogP contribution is -2.19. The van der Waals surface area contributed by atoms with Gasteiger partial charge in [0.15, 0.2) is 17.3 Å². The highest BCUT2D eigenvalue weighted by Gasteiger charge is 2.11. The molecule has 0 fully saturated rings. The molecule has 0 aliphatic heterocycles. The number of rotatable bonds is 5. The zero-order valence-corrected chi connectivity index (χ0v) is 14.8. The number of hydrogen-bond donors (Lipinski definition) is 2. The number of urea groups is 1. The summed E-state index contributed by atoms with van der Waals surface area (Å²) in [5, 5.41) is 9.81. The number of nitrogens with one attached hydrogen (secondary N) is 2. The van der Waals surface area contributed by atoms with Crippen LogP contribution in [0.1, 0.15) is 0 Å². The van der Waals surface area contributed by atoms with Gasteiger partial charge in [-0.25, -0.2) is 4.79 Å². The van der Waals surface area contributed by atoms with Crippen molar-refractivity contribution in [1.82, 2.24) is 9.78 Å². The van der Waals surface area contributed by atoms with E-state index in [-0.39, 0.29) is 0 Å². The predicted molar refractivity (Wildman–Crippen MR) is 101 cm³/mol. The number of carbonyl (C=O) groups excluding carboxylic acids is 1. The van der Waals surface area contributed by atoms with Crippen LogP contribution < -0.4 is 20.1 Å². The Hall–Kier alpha value is -3.48. The molecule has 0 radical (unpaired) electrons. The molecule has 1 aromatic heterocycles. The molecule has 2 aromatic carbocycles. The third-order valence-corrected chi connectivity index (χ3v) is 3.83. The van der Waals surface area contributed by atoms with E-state index in [9.17, 15) is 4.79 Å². The van der Waals surface area contributed by atoms with Gasteiger partial charge >= 0.3 is 6.03 Å². The molecule has 2 N–H and O–H groups in total. The zero-order valence-electron chi connectivity index (χ0n) is 14.8. The Morgan fingerprint density at radius 1 is 0.962 bits per heavy atom. The van der Waals surface area contributed by atoms with E-state index in [4.69, 9.17) is 9.47 Å². The summed E-state index contributed by atoms with van der Waals surface area (Å²) in [5.41, 5.74) is 2.52. The van der Waals surface area contributed by atoms with Gasteiger partial charge in [0.05, 0.1) is 19.9 Å². The fourth-order valence-corrected chi connectivity index (χ4v) is 2.60. The van der Waals surface area contributed by atoms with Crippen molar-refractivity contribution < 1.29 is 14.3 Å². The number of aryl methyl sites for hydroxylation is 1. The lowest BCUT2D eigenvalue weighted by molar-refractivity contribution is 0.262. The van der Waals surface area contributed by atoms with Crippen LogP contribution in [-0.2, 0) is 7.05 Å². The van der Waals surface area contributed by atoms with Crippen molar-refractivity contribution in [1.29, 1.82) is 0 Å². The molecule has 0 bridgehead atoms. The number of ether oxygens (including phenoxy) is 2. The van der Waals surface area contributed by atoms with E-state index in [1.54, 1.807) is 37.1 Å². The summed E-state index contributed by atoms with van der Waals surface area (Å²) in [6, 6.07) is 16.4. The SMILES string of the molecule is COc1ccc(NC(=O)Nc2cc(-c3ccccc3)n(C)n2)cc1OC. The van der Waals surface area contributed by atoms with E-state index < -0.39 is 6.03 Å². The molecule has 0 atom stereocenters. The maximum Gasteiger partial charge on any atom is 0.324 e. The summed E-state index contributed by atoms with van der Waals surface area (Å²) in [5.74, 6) is 1.59. The Morgan fingerprint density at radius 2 is 1.69 bits per heavy atom. The Kier molecular flexibility index (Phi) is 5.07. The number of aromatic nitrogens is 2. The zero-order chi connectivity index (χ0) is 18.5. The number of nitrogens with zero attached hydrogens (tertiary/aromatic N) is 2. The lowest BCUT2D eigenvalue weighted by Gasteiger charge is -2.10. The van der Waals surface area contributed by atoms with Gasteiger partial charge in [0.2, 0.25) is 0 Å². The number of carbonyl (C=O) groups is 1. The third kappa shape index (κ3) is 3.77.